The summed E-state index contributed by atoms with van der Waals surface area (Å²) in [5, 5.41) is 0. The van der Waals surface area contributed by atoms with E-state index >= 15 is 0 Å². The number of hydrogen-bond acceptors (Lipinski definition) is 1. The lowest BCUT2D eigenvalue weighted by atomic mass is 9.77. The number of carbonyl (C=O) groups excluding carboxylic acids is 1. The first-order chi connectivity index (χ1) is 7.66. The molecule has 0 aromatic heterocycles. The summed E-state index contributed by atoms with van der Waals surface area (Å²) >= 11 is 0. The second-order valence-corrected chi connectivity index (χ2v) is 5.07. The van der Waals surface area contributed by atoms with E-state index in [9.17, 15) is 4.79 Å². The van der Waals surface area contributed by atoms with Gasteiger partial charge in [0.25, 0.3) is 0 Å². The van der Waals surface area contributed by atoms with Crippen molar-refractivity contribution < 1.29 is 4.79 Å². The van der Waals surface area contributed by atoms with Gasteiger partial charge in [0.15, 0.2) is 0 Å². The molecule has 1 aromatic carbocycles. The van der Waals surface area contributed by atoms with Gasteiger partial charge >= 0.3 is 0 Å². The zero-order valence-electron chi connectivity index (χ0n) is 10.3. The molecule has 1 atom stereocenters. The van der Waals surface area contributed by atoms with Crippen molar-refractivity contribution in [2.45, 2.75) is 46.0 Å². The van der Waals surface area contributed by atoms with Crippen molar-refractivity contribution >= 4 is 5.78 Å². The van der Waals surface area contributed by atoms with Gasteiger partial charge in [0.1, 0.15) is 5.78 Å². The SMILES string of the molecule is CCC1(Cc2ccc(C)cc2)CCCC1=O. The molecule has 1 nitrogen and oxygen atoms in total. The number of aryl methyl sites for hydroxylation is 1. The van der Waals surface area contributed by atoms with Gasteiger partial charge in [-0.3, -0.25) is 4.79 Å². The van der Waals surface area contributed by atoms with E-state index in [2.05, 4.69) is 38.1 Å². The number of benzene rings is 1. The van der Waals surface area contributed by atoms with Crippen LogP contribution in [0.1, 0.15) is 43.7 Å². The third-order valence-corrected chi connectivity index (χ3v) is 3.99. The molecule has 16 heavy (non-hydrogen) atoms. The second kappa shape index (κ2) is 4.40. The smallest absolute Gasteiger partial charge is 0.139 e. The van der Waals surface area contributed by atoms with Crippen molar-refractivity contribution in [2.24, 2.45) is 5.41 Å². The Kier molecular flexibility index (Phi) is 3.13. The van der Waals surface area contributed by atoms with Crippen LogP contribution >= 0.6 is 0 Å². The van der Waals surface area contributed by atoms with Crippen molar-refractivity contribution in [1.29, 1.82) is 0 Å². The monoisotopic (exact) mass is 216 g/mol. The highest BCUT2D eigenvalue weighted by atomic mass is 16.1. The van der Waals surface area contributed by atoms with E-state index in [0.29, 0.717) is 5.78 Å². The van der Waals surface area contributed by atoms with Gasteiger partial charge in [-0.1, -0.05) is 36.8 Å². The van der Waals surface area contributed by atoms with Gasteiger partial charge in [0.2, 0.25) is 0 Å². The fraction of sp³-hybridized carbons (Fsp3) is 0.533. The van der Waals surface area contributed by atoms with Crippen molar-refractivity contribution in [1.82, 2.24) is 0 Å². The van der Waals surface area contributed by atoms with Crippen LogP contribution in [0.25, 0.3) is 0 Å². The molecular formula is C15H20O. The predicted molar refractivity (Wildman–Crippen MR) is 66.5 cm³/mol. The Hall–Kier alpha value is -1.11. The Morgan fingerprint density at radius 3 is 2.44 bits per heavy atom. The van der Waals surface area contributed by atoms with Crippen LogP contribution in [0.15, 0.2) is 24.3 Å². The Morgan fingerprint density at radius 1 is 1.25 bits per heavy atom. The zero-order valence-corrected chi connectivity index (χ0v) is 10.3. The molecule has 1 aromatic rings. The molecule has 0 bridgehead atoms. The molecule has 1 fully saturated rings. The third kappa shape index (κ3) is 2.04. The Balaban J connectivity index is 2.18. The normalized spacial score (nSPS) is 25.0. The van der Waals surface area contributed by atoms with Crippen molar-refractivity contribution in [3.63, 3.8) is 0 Å². The average Bonchev–Trinajstić information content (AvgIpc) is 2.64. The predicted octanol–water partition coefficient (Wildman–Crippen LogP) is 3.69. The maximum Gasteiger partial charge on any atom is 0.139 e. The van der Waals surface area contributed by atoms with Gasteiger partial charge in [0.05, 0.1) is 0 Å². The zero-order chi connectivity index (χ0) is 11.6. The number of ketones is 1. The van der Waals surface area contributed by atoms with E-state index in [1.807, 2.05) is 0 Å². The summed E-state index contributed by atoms with van der Waals surface area (Å²) < 4.78 is 0. The first-order valence-corrected chi connectivity index (χ1v) is 6.25. The summed E-state index contributed by atoms with van der Waals surface area (Å²) in [6, 6.07) is 8.60. The molecule has 0 aliphatic heterocycles. The van der Waals surface area contributed by atoms with Crippen molar-refractivity contribution in [3.05, 3.63) is 35.4 Å². The molecule has 1 heteroatoms. The minimum atomic E-state index is -0.0464. The summed E-state index contributed by atoms with van der Waals surface area (Å²) in [4.78, 5) is 12.0. The molecule has 1 aliphatic rings. The van der Waals surface area contributed by atoms with E-state index in [1.54, 1.807) is 0 Å². The summed E-state index contributed by atoms with van der Waals surface area (Å²) in [7, 11) is 0. The molecule has 0 spiro atoms. The quantitative estimate of drug-likeness (QED) is 0.753. The van der Waals surface area contributed by atoms with Crippen molar-refractivity contribution in [3.8, 4) is 0 Å². The molecule has 0 N–H and O–H groups in total. The number of hydrogen-bond donors (Lipinski definition) is 0. The second-order valence-electron chi connectivity index (χ2n) is 5.07. The van der Waals surface area contributed by atoms with E-state index in [4.69, 9.17) is 0 Å². The molecule has 1 unspecified atom stereocenters. The molecule has 0 amide bonds. The lowest BCUT2D eigenvalue weighted by Gasteiger charge is -2.25. The highest BCUT2D eigenvalue weighted by Gasteiger charge is 2.39. The number of rotatable bonds is 3. The van der Waals surface area contributed by atoms with Crippen LogP contribution in [0, 0.1) is 12.3 Å². The van der Waals surface area contributed by atoms with Crippen molar-refractivity contribution in [2.75, 3.05) is 0 Å². The van der Waals surface area contributed by atoms with Gasteiger partial charge in [-0.2, -0.15) is 0 Å². The maximum atomic E-state index is 12.0. The Morgan fingerprint density at radius 2 is 1.94 bits per heavy atom. The van der Waals surface area contributed by atoms with E-state index in [-0.39, 0.29) is 5.41 Å². The van der Waals surface area contributed by atoms with Crippen LogP contribution < -0.4 is 0 Å². The Labute approximate surface area is 97.9 Å². The molecular weight excluding hydrogens is 196 g/mol. The average molecular weight is 216 g/mol. The lowest BCUT2D eigenvalue weighted by Crippen LogP contribution is -2.27. The summed E-state index contributed by atoms with van der Waals surface area (Å²) in [6.45, 7) is 4.25. The minimum absolute atomic E-state index is 0.0464. The molecule has 0 saturated heterocycles. The summed E-state index contributed by atoms with van der Waals surface area (Å²) in [5.74, 6) is 0.482. The third-order valence-electron chi connectivity index (χ3n) is 3.99. The van der Waals surface area contributed by atoms with E-state index in [0.717, 1.165) is 32.1 Å². The molecule has 2 rings (SSSR count). The molecule has 1 aliphatic carbocycles. The van der Waals surface area contributed by atoms with E-state index in [1.165, 1.54) is 11.1 Å². The minimum Gasteiger partial charge on any atom is -0.299 e. The van der Waals surface area contributed by atoms with Gasteiger partial charge in [-0.25, -0.2) is 0 Å². The largest absolute Gasteiger partial charge is 0.299 e. The highest BCUT2D eigenvalue weighted by Crippen LogP contribution is 2.40. The van der Waals surface area contributed by atoms with Crippen LogP contribution in [-0.2, 0) is 11.2 Å². The van der Waals surface area contributed by atoms with Crippen LogP contribution in [0.2, 0.25) is 0 Å². The molecule has 0 radical (unpaired) electrons. The lowest BCUT2D eigenvalue weighted by molar-refractivity contribution is -0.125. The van der Waals surface area contributed by atoms with Gasteiger partial charge < -0.3 is 0 Å². The first kappa shape index (κ1) is 11.4. The highest BCUT2D eigenvalue weighted by molar-refractivity contribution is 5.87. The first-order valence-electron chi connectivity index (χ1n) is 6.25. The number of Topliss-reactive ketones (excluding diaryl/α,β-unsaturated/α-hetero) is 1. The van der Waals surface area contributed by atoms with Gasteiger partial charge in [-0.15, -0.1) is 0 Å². The van der Waals surface area contributed by atoms with Crippen LogP contribution in [0.3, 0.4) is 0 Å². The summed E-state index contributed by atoms with van der Waals surface area (Å²) in [6.07, 6.45) is 4.87. The Bertz CT molecular complexity index is 377. The molecule has 1 saturated carbocycles. The fourth-order valence-electron chi connectivity index (χ4n) is 2.77. The standard InChI is InChI=1S/C15H20O/c1-3-15(10-4-5-14(15)16)11-13-8-6-12(2)7-9-13/h6-9H,3-5,10-11H2,1-2H3. The fourth-order valence-corrected chi connectivity index (χ4v) is 2.77. The van der Waals surface area contributed by atoms with E-state index < -0.39 is 0 Å². The topological polar surface area (TPSA) is 17.1 Å². The van der Waals surface area contributed by atoms with Crippen LogP contribution in [0.4, 0.5) is 0 Å². The molecule has 0 heterocycles. The molecule has 86 valence electrons. The maximum absolute atomic E-state index is 12.0. The van der Waals surface area contributed by atoms with Gasteiger partial charge in [0, 0.05) is 11.8 Å². The van der Waals surface area contributed by atoms with Gasteiger partial charge in [-0.05, 0) is 38.2 Å². The number of carbonyl (C=O) groups is 1. The van der Waals surface area contributed by atoms with Crippen LogP contribution in [-0.4, -0.2) is 5.78 Å². The summed E-state index contributed by atoms with van der Waals surface area (Å²) in [5.41, 5.74) is 2.55. The van der Waals surface area contributed by atoms with Crippen LogP contribution in [0.5, 0.6) is 0 Å².